The number of halogens is 1. The van der Waals surface area contributed by atoms with Crippen LogP contribution in [0.2, 0.25) is 0 Å². The van der Waals surface area contributed by atoms with E-state index in [9.17, 15) is 17.6 Å². The Kier molecular flexibility index (Phi) is 4.59. The van der Waals surface area contributed by atoms with Gasteiger partial charge in [0.05, 0.1) is 15.8 Å². The molecule has 0 aliphatic heterocycles. The smallest absolute Gasteiger partial charge is 0.261 e. The van der Waals surface area contributed by atoms with E-state index in [4.69, 9.17) is 5.14 Å². The Balaban J connectivity index is 1.77. The van der Waals surface area contributed by atoms with Crippen molar-refractivity contribution < 1.29 is 17.6 Å². The van der Waals surface area contributed by atoms with Gasteiger partial charge in [0.2, 0.25) is 10.0 Å². The average Bonchev–Trinajstić information content (AvgIpc) is 2.97. The first-order valence-electron chi connectivity index (χ1n) is 7.37. The van der Waals surface area contributed by atoms with Crippen LogP contribution in [0.4, 0.5) is 4.39 Å². The minimum absolute atomic E-state index is 0.0151. The van der Waals surface area contributed by atoms with Gasteiger partial charge in [-0.05, 0) is 48.2 Å². The number of primary sulfonamides is 1. The molecule has 0 spiro atoms. The lowest BCUT2D eigenvalue weighted by atomic mass is 10.1. The van der Waals surface area contributed by atoms with Crippen LogP contribution in [0.15, 0.2) is 53.4 Å². The summed E-state index contributed by atoms with van der Waals surface area (Å²) < 4.78 is 36.5. The molecular weight excluding hydrogens is 363 g/mol. The molecule has 0 bridgehead atoms. The number of carbonyl (C=O) groups is 1. The van der Waals surface area contributed by atoms with Gasteiger partial charge >= 0.3 is 0 Å². The Morgan fingerprint density at radius 1 is 1.16 bits per heavy atom. The third-order valence-corrected chi connectivity index (χ3v) is 5.79. The van der Waals surface area contributed by atoms with E-state index >= 15 is 0 Å². The van der Waals surface area contributed by atoms with Crippen molar-refractivity contribution in [3.63, 3.8) is 0 Å². The maximum Gasteiger partial charge on any atom is 0.261 e. The predicted molar refractivity (Wildman–Crippen MR) is 95.5 cm³/mol. The molecule has 8 heteroatoms. The summed E-state index contributed by atoms with van der Waals surface area (Å²) in [5, 5.41) is 8.71. The zero-order chi connectivity index (χ0) is 18.2. The van der Waals surface area contributed by atoms with Gasteiger partial charge in [0.25, 0.3) is 5.91 Å². The summed E-state index contributed by atoms with van der Waals surface area (Å²) >= 11 is 1.21. The zero-order valence-electron chi connectivity index (χ0n) is 13.2. The molecule has 0 aliphatic rings. The summed E-state index contributed by atoms with van der Waals surface area (Å²) in [7, 11) is -3.75. The normalized spacial score (nSPS) is 12.9. The van der Waals surface area contributed by atoms with Gasteiger partial charge in [0, 0.05) is 4.70 Å². The molecule has 5 nitrogen and oxygen atoms in total. The number of nitrogens with one attached hydrogen (secondary N) is 1. The fraction of sp³-hybridized carbons (Fsp3) is 0.118. The van der Waals surface area contributed by atoms with Crippen molar-refractivity contribution >= 4 is 37.4 Å². The number of nitrogens with two attached hydrogens (primary N) is 1. The molecular formula is C17H15FN2O3S2. The molecule has 0 saturated carbocycles. The van der Waals surface area contributed by atoms with Gasteiger partial charge in [0.1, 0.15) is 5.82 Å². The van der Waals surface area contributed by atoms with Crippen LogP contribution < -0.4 is 10.5 Å². The average molecular weight is 378 g/mol. The summed E-state index contributed by atoms with van der Waals surface area (Å²) in [6, 6.07) is 11.8. The third kappa shape index (κ3) is 3.87. The van der Waals surface area contributed by atoms with Crippen LogP contribution in [0.25, 0.3) is 10.1 Å². The standard InChI is InChI=1S/C17H15FN2O3S2/c1-10(11-3-6-14(7-4-11)25(19,22)23)20-17(21)16-8-12-2-5-13(18)9-15(12)24-16/h2-10H,1H3,(H,20,21)(H2,19,22,23)/t10-/m1/s1. The second-order valence-corrected chi connectivity index (χ2v) is 8.25. The summed E-state index contributed by atoms with van der Waals surface area (Å²) in [5.41, 5.74) is 0.743. The fourth-order valence-electron chi connectivity index (χ4n) is 2.41. The third-order valence-electron chi connectivity index (χ3n) is 3.76. The van der Waals surface area contributed by atoms with Crippen molar-refractivity contribution in [3.8, 4) is 0 Å². The molecule has 0 saturated heterocycles. The molecule has 3 rings (SSSR count). The molecule has 1 amide bonds. The number of benzene rings is 2. The lowest BCUT2D eigenvalue weighted by molar-refractivity contribution is 0.0944. The van der Waals surface area contributed by atoms with Crippen LogP contribution in [-0.2, 0) is 10.0 Å². The Hall–Kier alpha value is -2.29. The number of thiophene rings is 1. The van der Waals surface area contributed by atoms with Gasteiger partial charge in [-0.15, -0.1) is 11.3 Å². The van der Waals surface area contributed by atoms with E-state index in [0.29, 0.717) is 9.58 Å². The number of rotatable bonds is 4. The van der Waals surface area contributed by atoms with Crippen LogP contribution in [0.5, 0.6) is 0 Å². The first-order valence-corrected chi connectivity index (χ1v) is 9.73. The number of carbonyl (C=O) groups excluding carboxylic acids is 1. The Morgan fingerprint density at radius 2 is 1.84 bits per heavy atom. The topological polar surface area (TPSA) is 89.3 Å². The maximum atomic E-state index is 13.2. The molecule has 0 radical (unpaired) electrons. The molecule has 1 aromatic heterocycles. The summed E-state index contributed by atoms with van der Waals surface area (Å²) in [6.45, 7) is 1.79. The lowest BCUT2D eigenvalue weighted by Gasteiger charge is -2.14. The minimum atomic E-state index is -3.75. The van der Waals surface area contributed by atoms with E-state index in [1.807, 2.05) is 0 Å². The highest BCUT2D eigenvalue weighted by atomic mass is 32.2. The molecule has 0 fully saturated rings. The van der Waals surface area contributed by atoms with E-state index in [2.05, 4.69) is 5.32 Å². The largest absolute Gasteiger partial charge is 0.345 e. The Bertz CT molecular complexity index is 1040. The van der Waals surface area contributed by atoms with Crippen LogP contribution >= 0.6 is 11.3 Å². The predicted octanol–water partition coefficient (Wildman–Crippen LogP) is 3.18. The monoisotopic (exact) mass is 378 g/mol. The number of hydrogen-bond acceptors (Lipinski definition) is 4. The molecule has 2 aromatic carbocycles. The molecule has 0 aliphatic carbocycles. The van der Waals surface area contributed by atoms with Crippen molar-refractivity contribution in [3.05, 3.63) is 64.8 Å². The SMILES string of the molecule is C[C@@H](NC(=O)c1cc2ccc(F)cc2s1)c1ccc(S(N)(=O)=O)cc1. The van der Waals surface area contributed by atoms with Crippen molar-refractivity contribution in [1.82, 2.24) is 5.32 Å². The quantitative estimate of drug-likeness (QED) is 0.731. The van der Waals surface area contributed by atoms with Gasteiger partial charge in [-0.2, -0.15) is 0 Å². The number of fused-ring (bicyclic) bond motifs is 1. The molecule has 25 heavy (non-hydrogen) atoms. The molecule has 1 heterocycles. The molecule has 1 atom stereocenters. The van der Waals surface area contributed by atoms with Gasteiger partial charge in [0.15, 0.2) is 0 Å². The van der Waals surface area contributed by atoms with Crippen molar-refractivity contribution in [2.45, 2.75) is 17.9 Å². The van der Waals surface area contributed by atoms with Crippen LogP contribution in [0, 0.1) is 5.82 Å². The van der Waals surface area contributed by atoms with Gasteiger partial charge < -0.3 is 5.32 Å². The highest BCUT2D eigenvalue weighted by Crippen LogP contribution is 2.27. The number of hydrogen-bond donors (Lipinski definition) is 2. The highest BCUT2D eigenvalue weighted by Gasteiger charge is 2.15. The summed E-state index contributed by atoms with van der Waals surface area (Å²) in [6.07, 6.45) is 0. The molecule has 0 unspecified atom stereocenters. The molecule has 3 N–H and O–H groups in total. The van der Waals surface area contributed by atoms with Crippen LogP contribution in [0.1, 0.15) is 28.2 Å². The second kappa shape index (κ2) is 6.55. The minimum Gasteiger partial charge on any atom is -0.345 e. The van der Waals surface area contributed by atoms with Gasteiger partial charge in [-0.3, -0.25) is 4.79 Å². The van der Waals surface area contributed by atoms with E-state index < -0.39 is 10.0 Å². The fourth-order valence-corrected chi connectivity index (χ4v) is 3.92. The van der Waals surface area contributed by atoms with E-state index in [-0.39, 0.29) is 22.7 Å². The zero-order valence-corrected chi connectivity index (χ0v) is 14.8. The maximum absolute atomic E-state index is 13.2. The van der Waals surface area contributed by atoms with E-state index in [0.717, 1.165) is 10.9 Å². The van der Waals surface area contributed by atoms with E-state index in [1.165, 1.54) is 35.6 Å². The number of sulfonamides is 1. The van der Waals surface area contributed by atoms with Crippen molar-refractivity contribution in [1.29, 1.82) is 0 Å². The van der Waals surface area contributed by atoms with Gasteiger partial charge in [-0.25, -0.2) is 17.9 Å². The Morgan fingerprint density at radius 3 is 2.48 bits per heavy atom. The van der Waals surface area contributed by atoms with Gasteiger partial charge in [-0.1, -0.05) is 18.2 Å². The van der Waals surface area contributed by atoms with E-state index in [1.54, 1.807) is 31.2 Å². The first-order chi connectivity index (χ1) is 11.7. The summed E-state index contributed by atoms with van der Waals surface area (Å²) in [5.74, 6) is -0.616. The first kappa shape index (κ1) is 17.5. The van der Waals surface area contributed by atoms with Crippen LogP contribution in [-0.4, -0.2) is 14.3 Å². The highest BCUT2D eigenvalue weighted by molar-refractivity contribution is 7.89. The summed E-state index contributed by atoms with van der Waals surface area (Å²) in [4.78, 5) is 12.9. The Labute approximate surface area is 148 Å². The second-order valence-electron chi connectivity index (χ2n) is 5.60. The lowest BCUT2D eigenvalue weighted by Crippen LogP contribution is -2.25. The molecule has 130 valence electrons. The number of amides is 1. The van der Waals surface area contributed by atoms with Crippen molar-refractivity contribution in [2.24, 2.45) is 5.14 Å². The van der Waals surface area contributed by atoms with Crippen molar-refractivity contribution in [2.75, 3.05) is 0 Å². The van der Waals surface area contributed by atoms with Crippen LogP contribution in [0.3, 0.4) is 0 Å². The molecule has 3 aromatic rings.